The zero-order valence-electron chi connectivity index (χ0n) is 12.1. The van der Waals surface area contributed by atoms with E-state index in [1.54, 1.807) is 0 Å². The van der Waals surface area contributed by atoms with E-state index < -0.39 is 0 Å². The molecule has 0 radical (unpaired) electrons. The van der Waals surface area contributed by atoms with Crippen LogP contribution in [0.25, 0.3) is 0 Å². The predicted molar refractivity (Wildman–Crippen MR) is 79.0 cm³/mol. The Morgan fingerprint density at radius 2 is 1.95 bits per heavy atom. The number of aliphatic imine (C=N–C) groups is 1. The first-order valence-corrected chi connectivity index (χ1v) is 7.53. The Bertz CT molecular complexity index is 285. The molecule has 0 spiro atoms. The summed E-state index contributed by atoms with van der Waals surface area (Å²) in [5, 5.41) is 5.92. The quantitative estimate of drug-likeness (QED) is 0.353. The topological polar surface area (TPSA) is 79.5 Å². The van der Waals surface area contributed by atoms with E-state index in [1.807, 2.05) is 0 Å². The third-order valence-corrected chi connectivity index (χ3v) is 3.50. The highest BCUT2D eigenvalue weighted by atomic mass is 16.1. The van der Waals surface area contributed by atoms with Crippen LogP contribution in [0.1, 0.15) is 51.9 Å². The maximum absolute atomic E-state index is 11.7. The van der Waals surface area contributed by atoms with Crippen molar-refractivity contribution in [3.63, 3.8) is 0 Å². The van der Waals surface area contributed by atoms with Crippen molar-refractivity contribution in [2.75, 3.05) is 19.6 Å². The molecule has 0 aromatic heterocycles. The third kappa shape index (κ3) is 7.70. The smallest absolute Gasteiger partial charge is 0.220 e. The molecule has 1 fully saturated rings. The highest BCUT2D eigenvalue weighted by Crippen LogP contribution is 2.27. The molecule has 0 aliphatic heterocycles. The fourth-order valence-electron chi connectivity index (χ4n) is 2.35. The molecule has 1 rings (SSSR count). The molecule has 0 unspecified atom stereocenters. The lowest BCUT2D eigenvalue weighted by Gasteiger charge is -2.10. The van der Waals surface area contributed by atoms with Gasteiger partial charge in [0.15, 0.2) is 5.96 Å². The molecule has 1 aliphatic rings. The van der Waals surface area contributed by atoms with Gasteiger partial charge in [0.2, 0.25) is 5.91 Å². The molecule has 0 atom stereocenters. The Morgan fingerprint density at radius 3 is 2.63 bits per heavy atom. The van der Waals surface area contributed by atoms with Gasteiger partial charge in [-0.3, -0.25) is 9.79 Å². The molecule has 110 valence electrons. The summed E-state index contributed by atoms with van der Waals surface area (Å²) >= 11 is 0. The third-order valence-electron chi connectivity index (χ3n) is 3.50. The number of amides is 1. The van der Waals surface area contributed by atoms with Crippen molar-refractivity contribution in [2.24, 2.45) is 16.6 Å². The van der Waals surface area contributed by atoms with Gasteiger partial charge in [0.25, 0.3) is 0 Å². The monoisotopic (exact) mass is 268 g/mol. The number of unbranched alkanes of at least 4 members (excludes halogenated alkanes) is 1. The number of carbonyl (C=O) groups is 1. The average Bonchev–Trinajstić information content (AvgIpc) is 2.88. The van der Waals surface area contributed by atoms with Gasteiger partial charge in [-0.05, 0) is 25.2 Å². The lowest BCUT2D eigenvalue weighted by molar-refractivity contribution is -0.121. The molecule has 0 bridgehead atoms. The zero-order valence-corrected chi connectivity index (χ0v) is 12.1. The highest BCUT2D eigenvalue weighted by Gasteiger charge is 2.17. The van der Waals surface area contributed by atoms with Crippen molar-refractivity contribution >= 4 is 11.9 Å². The van der Waals surface area contributed by atoms with Crippen LogP contribution < -0.4 is 16.4 Å². The molecule has 0 heterocycles. The van der Waals surface area contributed by atoms with Crippen molar-refractivity contribution in [1.29, 1.82) is 0 Å². The summed E-state index contributed by atoms with van der Waals surface area (Å²) in [4.78, 5) is 15.8. The van der Waals surface area contributed by atoms with Crippen LogP contribution in [0.3, 0.4) is 0 Å². The van der Waals surface area contributed by atoms with Crippen molar-refractivity contribution in [1.82, 2.24) is 10.6 Å². The van der Waals surface area contributed by atoms with Crippen LogP contribution in [0.5, 0.6) is 0 Å². The second-order valence-corrected chi connectivity index (χ2v) is 5.25. The standard InChI is InChI=1S/C14H28N4O/c1-2-3-8-17-14(15)18-10-9-16-13(19)11-12-6-4-5-7-12/h12H,2-11H2,1H3,(H,16,19)(H3,15,17,18). The second kappa shape index (κ2) is 9.64. The van der Waals surface area contributed by atoms with Crippen LogP contribution in [0.15, 0.2) is 4.99 Å². The maximum Gasteiger partial charge on any atom is 0.220 e. The van der Waals surface area contributed by atoms with Crippen molar-refractivity contribution < 1.29 is 4.79 Å². The van der Waals surface area contributed by atoms with E-state index in [2.05, 4.69) is 22.5 Å². The molecule has 19 heavy (non-hydrogen) atoms. The summed E-state index contributed by atoms with van der Waals surface area (Å²) in [6.07, 6.45) is 7.84. The average molecular weight is 268 g/mol. The summed E-state index contributed by atoms with van der Waals surface area (Å²) < 4.78 is 0. The summed E-state index contributed by atoms with van der Waals surface area (Å²) in [6.45, 7) is 4.13. The normalized spacial score (nSPS) is 16.6. The number of carbonyl (C=O) groups excluding carboxylic acids is 1. The Kier molecular flexibility index (Phi) is 8.02. The zero-order chi connectivity index (χ0) is 13.9. The Balaban J connectivity index is 2.00. The van der Waals surface area contributed by atoms with E-state index in [9.17, 15) is 4.79 Å². The van der Waals surface area contributed by atoms with Crippen LogP contribution in [-0.2, 0) is 4.79 Å². The largest absolute Gasteiger partial charge is 0.370 e. The molecule has 1 saturated carbocycles. The van der Waals surface area contributed by atoms with Gasteiger partial charge in [-0.2, -0.15) is 0 Å². The van der Waals surface area contributed by atoms with Gasteiger partial charge in [-0.1, -0.05) is 26.2 Å². The van der Waals surface area contributed by atoms with E-state index in [4.69, 9.17) is 5.73 Å². The molecule has 0 aromatic carbocycles. The van der Waals surface area contributed by atoms with Crippen LogP contribution in [0.2, 0.25) is 0 Å². The van der Waals surface area contributed by atoms with Crippen molar-refractivity contribution in [3.05, 3.63) is 0 Å². The Morgan fingerprint density at radius 1 is 1.26 bits per heavy atom. The van der Waals surface area contributed by atoms with Crippen LogP contribution in [-0.4, -0.2) is 31.5 Å². The minimum atomic E-state index is 0.162. The van der Waals surface area contributed by atoms with Crippen LogP contribution in [0, 0.1) is 5.92 Å². The fraction of sp³-hybridized carbons (Fsp3) is 0.857. The molecule has 5 nitrogen and oxygen atoms in total. The van der Waals surface area contributed by atoms with E-state index in [0.29, 0.717) is 31.4 Å². The van der Waals surface area contributed by atoms with E-state index in [1.165, 1.54) is 25.7 Å². The summed E-state index contributed by atoms with van der Waals surface area (Å²) in [7, 11) is 0. The first-order chi connectivity index (χ1) is 9.22. The molecule has 4 N–H and O–H groups in total. The predicted octanol–water partition coefficient (Wildman–Crippen LogP) is 1.39. The summed E-state index contributed by atoms with van der Waals surface area (Å²) in [5.74, 6) is 1.24. The maximum atomic E-state index is 11.7. The van der Waals surface area contributed by atoms with Gasteiger partial charge in [-0.25, -0.2) is 0 Å². The summed E-state index contributed by atoms with van der Waals surface area (Å²) in [5.41, 5.74) is 5.69. The molecule has 0 saturated heterocycles. The van der Waals surface area contributed by atoms with Crippen molar-refractivity contribution in [2.45, 2.75) is 51.9 Å². The molecular formula is C14H28N4O. The SMILES string of the molecule is CCCCN=C(N)NCCNC(=O)CC1CCCC1. The van der Waals surface area contributed by atoms with Gasteiger partial charge >= 0.3 is 0 Å². The van der Waals surface area contributed by atoms with E-state index in [0.717, 1.165) is 19.4 Å². The van der Waals surface area contributed by atoms with Crippen molar-refractivity contribution in [3.8, 4) is 0 Å². The van der Waals surface area contributed by atoms with Gasteiger partial charge in [0, 0.05) is 26.1 Å². The minimum Gasteiger partial charge on any atom is -0.370 e. The van der Waals surface area contributed by atoms with Gasteiger partial charge in [0.1, 0.15) is 0 Å². The summed E-state index contributed by atoms with van der Waals surface area (Å²) in [6, 6.07) is 0. The molecule has 1 aliphatic carbocycles. The van der Waals surface area contributed by atoms with Gasteiger partial charge < -0.3 is 16.4 Å². The molecule has 0 aromatic rings. The molecule has 1 amide bonds. The number of hydrogen-bond donors (Lipinski definition) is 3. The number of guanidine groups is 1. The van der Waals surface area contributed by atoms with E-state index in [-0.39, 0.29) is 5.91 Å². The Labute approximate surface area is 116 Å². The van der Waals surface area contributed by atoms with Gasteiger partial charge in [-0.15, -0.1) is 0 Å². The number of nitrogens with two attached hydrogens (primary N) is 1. The van der Waals surface area contributed by atoms with Crippen LogP contribution in [0.4, 0.5) is 0 Å². The van der Waals surface area contributed by atoms with Crippen LogP contribution >= 0.6 is 0 Å². The number of nitrogens with zero attached hydrogens (tertiary/aromatic N) is 1. The van der Waals surface area contributed by atoms with Gasteiger partial charge in [0.05, 0.1) is 0 Å². The lowest BCUT2D eigenvalue weighted by atomic mass is 10.0. The highest BCUT2D eigenvalue weighted by molar-refractivity contribution is 5.78. The molecular weight excluding hydrogens is 240 g/mol. The fourth-order valence-corrected chi connectivity index (χ4v) is 2.35. The number of hydrogen-bond acceptors (Lipinski definition) is 2. The Hall–Kier alpha value is -1.26. The first kappa shape index (κ1) is 15.8. The second-order valence-electron chi connectivity index (χ2n) is 5.25. The minimum absolute atomic E-state index is 0.162. The number of rotatable bonds is 8. The number of nitrogens with one attached hydrogen (secondary N) is 2. The first-order valence-electron chi connectivity index (χ1n) is 7.53. The van der Waals surface area contributed by atoms with E-state index >= 15 is 0 Å². The molecule has 5 heteroatoms. The lowest BCUT2D eigenvalue weighted by Crippen LogP contribution is -2.38.